The lowest BCUT2D eigenvalue weighted by atomic mass is 9.81. The van der Waals surface area contributed by atoms with Gasteiger partial charge in [0.25, 0.3) is 0 Å². The van der Waals surface area contributed by atoms with Gasteiger partial charge in [-0.05, 0) is 54.5 Å². The van der Waals surface area contributed by atoms with Gasteiger partial charge in [0.1, 0.15) is 5.75 Å². The number of nitrogens with two attached hydrogens (primary N) is 1. The van der Waals surface area contributed by atoms with Crippen LogP contribution in [0.1, 0.15) is 35.6 Å². The largest absolute Gasteiger partial charge is 0.496 e. The van der Waals surface area contributed by atoms with Gasteiger partial charge in [-0.1, -0.05) is 30.3 Å². The van der Waals surface area contributed by atoms with E-state index in [1.165, 1.54) is 13.2 Å². The van der Waals surface area contributed by atoms with Gasteiger partial charge in [-0.15, -0.1) is 0 Å². The first-order valence-electron chi connectivity index (χ1n) is 9.33. The number of piperidine rings is 1. The summed E-state index contributed by atoms with van der Waals surface area (Å²) in [5, 5.41) is 1.71. The third-order valence-corrected chi connectivity index (χ3v) is 5.42. The molecular formula is C21H23F5N2O. The van der Waals surface area contributed by atoms with Crippen molar-refractivity contribution in [2.24, 2.45) is 11.8 Å². The van der Waals surface area contributed by atoms with Crippen LogP contribution in [0.15, 0.2) is 48.5 Å². The molecule has 1 heterocycles. The first-order valence-corrected chi connectivity index (χ1v) is 9.33. The molecular weight excluding hydrogens is 391 g/mol. The molecule has 0 unspecified atom stereocenters. The summed E-state index contributed by atoms with van der Waals surface area (Å²) in [6.45, 7) is 0.680. The average molecular weight is 414 g/mol. The molecule has 0 radical (unpaired) electrons. The number of benzene rings is 2. The number of nitrogens with zero attached hydrogens (tertiary/aromatic N) is 1. The van der Waals surface area contributed by atoms with Gasteiger partial charge >= 0.3 is 12.1 Å². The van der Waals surface area contributed by atoms with Crippen molar-refractivity contribution in [2.75, 3.05) is 13.7 Å². The van der Waals surface area contributed by atoms with Crippen LogP contribution in [0.4, 0.5) is 22.0 Å². The van der Waals surface area contributed by atoms with Crippen molar-refractivity contribution in [3.05, 3.63) is 65.2 Å². The zero-order chi connectivity index (χ0) is 21.2. The Kier molecular flexibility index (Phi) is 6.14. The first-order chi connectivity index (χ1) is 13.6. The van der Waals surface area contributed by atoms with Crippen molar-refractivity contribution in [2.45, 2.75) is 37.4 Å². The monoisotopic (exact) mass is 414 g/mol. The molecule has 2 aromatic rings. The van der Waals surface area contributed by atoms with Crippen LogP contribution in [-0.4, -0.2) is 24.8 Å². The molecule has 0 spiro atoms. The molecule has 29 heavy (non-hydrogen) atoms. The Balaban J connectivity index is 1.96. The van der Waals surface area contributed by atoms with Gasteiger partial charge < -0.3 is 4.74 Å². The second kappa shape index (κ2) is 8.28. The molecule has 0 saturated carbocycles. The Morgan fingerprint density at radius 3 is 2.38 bits per heavy atom. The number of methoxy groups -OCH3 is 1. The lowest BCUT2D eigenvalue weighted by molar-refractivity contribution is -0.289. The number of hydrogen-bond donors (Lipinski definition) is 1. The lowest BCUT2D eigenvalue weighted by Crippen LogP contribution is -2.44. The molecule has 0 aliphatic carbocycles. The van der Waals surface area contributed by atoms with Crippen LogP contribution < -0.4 is 10.6 Å². The van der Waals surface area contributed by atoms with Crippen LogP contribution in [0.3, 0.4) is 0 Å². The molecule has 0 amide bonds. The molecule has 1 saturated heterocycles. The predicted molar refractivity (Wildman–Crippen MR) is 99.4 cm³/mol. The van der Waals surface area contributed by atoms with Gasteiger partial charge in [-0.3, -0.25) is 5.84 Å². The molecule has 0 aromatic heterocycles. The fourth-order valence-electron chi connectivity index (χ4n) is 4.01. The second-order valence-electron chi connectivity index (χ2n) is 7.30. The van der Waals surface area contributed by atoms with Gasteiger partial charge in [0.2, 0.25) is 0 Å². The fraction of sp³-hybridized carbons (Fsp3) is 0.429. The van der Waals surface area contributed by atoms with E-state index in [1.807, 2.05) is 30.3 Å². The van der Waals surface area contributed by atoms with E-state index in [0.29, 0.717) is 12.1 Å². The van der Waals surface area contributed by atoms with Gasteiger partial charge in [-0.2, -0.15) is 22.0 Å². The number of ether oxygens (including phenoxy) is 1. The second-order valence-corrected chi connectivity index (χ2v) is 7.30. The average Bonchev–Trinajstić information content (AvgIpc) is 2.68. The Labute approximate surface area is 166 Å². The zero-order valence-electron chi connectivity index (χ0n) is 15.9. The molecule has 2 atom stereocenters. The minimum atomic E-state index is -5.66. The summed E-state index contributed by atoms with van der Waals surface area (Å²) < 4.78 is 71.4. The van der Waals surface area contributed by atoms with Crippen LogP contribution in [-0.2, 0) is 12.3 Å². The highest BCUT2D eigenvalue weighted by Crippen LogP contribution is 2.45. The molecule has 1 fully saturated rings. The molecule has 3 nitrogen and oxygen atoms in total. The van der Waals surface area contributed by atoms with E-state index in [2.05, 4.69) is 0 Å². The summed E-state index contributed by atoms with van der Waals surface area (Å²) in [6, 6.07) is 12.2. The van der Waals surface area contributed by atoms with Crippen molar-refractivity contribution in [1.29, 1.82) is 0 Å². The van der Waals surface area contributed by atoms with E-state index < -0.39 is 17.7 Å². The van der Waals surface area contributed by atoms with Crippen LogP contribution >= 0.6 is 0 Å². The highest BCUT2D eigenvalue weighted by molar-refractivity contribution is 5.40. The smallest absolute Gasteiger partial charge is 0.458 e. The molecule has 1 aliphatic rings. The molecule has 2 N–H and O–H groups in total. The van der Waals surface area contributed by atoms with Crippen molar-refractivity contribution in [3.63, 3.8) is 0 Å². The Morgan fingerprint density at radius 2 is 1.76 bits per heavy atom. The van der Waals surface area contributed by atoms with Crippen molar-refractivity contribution in [1.82, 2.24) is 5.01 Å². The Morgan fingerprint density at radius 1 is 1.07 bits per heavy atom. The van der Waals surface area contributed by atoms with E-state index in [9.17, 15) is 22.0 Å². The minimum absolute atomic E-state index is 0.0557. The van der Waals surface area contributed by atoms with Gasteiger partial charge in [0, 0.05) is 12.1 Å². The summed E-state index contributed by atoms with van der Waals surface area (Å²) in [4.78, 5) is 0. The topological polar surface area (TPSA) is 38.5 Å². The maximum atomic E-state index is 13.9. The van der Waals surface area contributed by atoms with Crippen molar-refractivity contribution in [3.8, 4) is 5.75 Å². The number of alkyl halides is 5. The highest BCUT2D eigenvalue weighted by atomic mass is 19.4. The van der Waals surface area contributed by atoms with E-state index in [0.717, 1.165) is 30.5 Å². The molecule has 0 bridgehead atoms. The SMILES string of the molecule is COc1ccc(C(F)(F)C(F)(F)F)cc1C[C@@H]1CCCN(N)[C@@H]1c1ccccc1. The predicted octanol–water partition coefficient (Wildman–Crippen LogP) is 5.22. The Hall–Kier alpha value is -2.19. The number of rotatable bonds is 5. The first kappa shape index (κ1) is 21.5. The van der Waals surface area contributed by atoms with Crippen LogP contribution in [0.5, 0.6) is 5.75 Å². The van der Waals surface area contributed by atoms with Gasteiger partial charge in [-0.25, -0.2) is 5.01 Å². The molecule has 158 valence electrons. The van der Waals surface area contributed by atoms with E-state index in [-0.39, 0.29) is 24.1 Å². The summed E-state index contributed by atoms with van der Waals surface area (Å²) in [7, 11) is 1.37. The van der Waals surface area contributed by atoms with Crippen LogP contribution in [0.2, 0.25) is 0 Å². The molecule has 2 aromatic carbocycles. The van der Waals surface area contributed by atoms with Gasteiger partial charge in [0.05, 0.1) is 13.2 Å². The number of hydrazine groups is 1. The van der Waals surface area contributed by atoms with Crippen molar-refractivity contribution >= 4 is 0 Å². The third-order valence-electron chi connectivity index (χ3n) is 5.42. The van der Waals surface area contributed by atoms with Gasteiger partial charge in [0.15, 0.2) is 0 Å². The van der Waals surface area contributed by atoms with E-state index in [4.69, 9.17) is 10.6 Å². The quantitative estimate of drug-likeness (QED) is 0.539. The molecule has 3 rings (SSSR count). The summed E-state index contributed by atoms with van der Waals surface area (Å²) >= 11 is 0. The standard InChI is InChI=1S/C21H23F5N2O/c1-29-18-10-9-17(20(22,23)21(24,25)26)13-16(18)12-15-8-5-11-28(27)19(15)14-6-3-2-4-7-14/h2-4,6-7,9-10,13,15,19H,5,8,11-12,27H2,1H3/t15-,19+/m0/s1. The molecule has 1 aliphatic heterocycles. The fourth-order valence-corrected chi connectivity index (χ4v) is 4.01. The summed E-state index contributed by atoms with van der Waals surface area (Å²) in [5.74, 6) is 1.51. The highest BCUT2D eigenvalue weighted by Gasteiger charge is 2.58. The minimum Gasteiger partial charge on any atom is -0.496 e. The van der Waals surface area contributed by atoms with Crippen LogP contribution in [0.25, 0.3) is 0 Å². The number of hydrogen-bond acceptors (Lipinski definition) is 3. The van der Waals surface area contributed by atoms with Crippen molar-refractivity contribution < 1.29 is 26.7 Å². The Bertz CT molecular complexity index is 826. The number of halogens is 5. The lowest BCUT2D eigenvalue weighted by Gasteiger charge is -2.39. The zero-order valence-corrected chi connectivity index (χ0v) is 15.9. The normalized spacial score (nSPS) is 21.2. The van der Waals surface area contributed by atoms with E-state index in [1.54, 1.807) is 5.01 Å². The summed E-state index contributed by atoms with van der Waals surface area (Å²) in [5.41, 5.74) is 0.211. The van der Waals surface area contributed by atoms with Crippen LogP contribution in [0, 0.1) is 5.92 Å². The maximum absolute atomic E-state index is 13.9. The molecule has 8 heteroatoms. The maximum Gasteiger partial charge on any atom is 0.458 e. The summed E-state index contributed by atoms with van der Waals surface area (Å²) in [6.07, 6.45) is -3.80. The van der Waals surface area contributed by atoms with E-state index >= 15 is 0 Å². The third kappa shape index (κ3) is 4.38.